The van der Waals surface area contributed by atoms with Crippen molar-refractivity contribution in [3.63, 3.8) is 0 Å². The number of nitrogens with one attached hydrogen (secondary N) is 1. The van der Waals surface area contributed by atoms with Gasteiger partial charge in [0.25, 0.3) is 5.91 Å². The second-order valence-electron chi connectivity index (χ2n) is 6.54. The van der Waals surface area contributed by atoms with Gasteiger partial charge in [-0.25, -0.2) is 4.39 Å². The van der Waals surface area contributed by atoms with Gasteiger partial charge in [-0.05, 0) is 67.1 Å². The molecule has 0 aliphatic rings. The minimum Gasteiger partial charge on any atom is -0.322 e. The molecule has 0 radical (unpaired) electrons. The Balaban J connectivity index is 1.47. The molecule has 2 heterocycles. The summed E-state index contributed by atoms with van der Waals surface area (Å²) >= 11 is 1.11. The van der Waals surface area contributed by atoms with Crippen molar-refractivity contribution in [3.05, 3.63) is 71.5 Å². The molecule has 0 bridgehead atoms. The lowest BCUT2D eigenvalue weighted by Crippen LogP contribution is -2.12. The van der Waals surface area contributed by atoms with Crippen LogP contribution in [-0.2, 0) is 0 Å². The van der Waals surface area contributed by atoms with Crippen LogP contribution in [0.5, 0.6) is 0 Å². The fraction of sp³-hybridized carbons (Fsp3) is 0.0500. The molecule has 29 heavy (non-hydrogen) atoms. The first kappa shape index (κ1) is 17.4. The van der Waals surface area contributed by atoms with Gasteiger partial charge >= 0.3 is 0 Å². The number of aromatic nitrogens is 5. The largest absolute Gasteiger partial charge is 0.322 e. The third kappa shape index (κ3) is 3.21. The minimum atomic E-state index is -0.321. The topological polar surface area (TPSA) is 85.6 Å². The van der Waals surface area contributed by atoms with E-state index in [0.29, 0.717) is 33.5 Å². The number of aryl methyl sites for hydroxylation is 1. The number of fused-ring (bicyclic) bond motifs is 2. The Kier molecular flexibility index (Phi) is 4.02. The van der Waals surface area contributed by atoms with Crippen LogP contribution >= 0.6 is 11.7 Å². The Bertz CT molecular complexity index is 1380. The third-order valence-corrected chi connectivity index (χ3v) is 5.10. The summed E-state index contributed by atoms with van der Waals surface area (Å²) in [5.74, 6) is -0.564. The van der Waals surface area contributed by atoms with Gasteiger partial charge in [-0.2, -0.15) is 13.5 Å². The van der Waals surface area contributed by atoms with E-state index in [1.165, 1.54) is 16.9 Å². The van der Waals surface area contributed by atoms with Crippen LogP contribution < -0.4 is 5.32 Å². The van der Waals surface area contributed by atoms with Gasteiger partial charge in [0, 0.05) is 11.3 Å². The van der Waals surface area contributed by atoms with Crippen LogP contribution in [0, 0.1) is 12.7 Å². The predicted octanol–water partition coefficient (Wildman–Crippen LogP) is 4.13. The summed E-state index contributed by atoms with van der Waals surface area (Å²) in [4.78, 5) is 14.1. The van der Waals surface area contributed by atoms with Gasteiger partial charge in [-0.1, -0.05) is 0 Å². The zero-order chi connectivity index (χ0) is 20.0. The highest BCUT2D eigenvalue weighted by atomic mass is 32.1. The van der Waals surface area contributed by atoms with E-state index in [1.807, 2.05) is 13.0 Å². The molecule has 0 aliphatic heterocycles. The molecule has 2 aromatic heterocycles. The quantitative estimate of drug-likeness (QED) is 0.489. The normalized spacial score (nSPS) is 11.2. The first-order chi connectivity index (χ1) is 14.1. The molecule has 142 valence electrons. The van der Waals surface area contributed by atoms with Crippen molar-refractivity contribution < 1.29 is 9.18 Å². The molecule has 0 fully saturated rings. The Morgan fingerprint density at radius 3 is 2.45 bits per heavy atom. The van der Waals surface area contributed by atoms with Gasteiger partial charge in [0.05, 0.1) is 17.4 Å². The van der Waals surface area contributed by atoms with Crippen molar-refractivity contribution in [2.24, 2.45) is 0 Å². The first-order valence-corrected chi connectivity index (χ1v) is 9.47. The smallest absolute Gasteiger partial charge is 0.255 e. The number of carbonyl (C=O) groups is 1. The summed E-state index contributed by atoms with van der Waals surface area (Å²) in [7, 11) is 0. The van der Waals surface area contributed by atoms with Crippen molar-refractivity contribution >= 4 is 45.4 Å². The van der Waals surface area contributed by atoms with Crippen molar-refractivity contribution in [2.45, 2.75) is 6.92 Å². The zero-order valence-corrected chi connectivity index (χ0v) is 15.9. The zero-order valence-electron chi connectivity index (χ0n) is 15.1. The van der Waals surface area contributed by atoms with Crippen molar-refractivity contribution in [3.8, 4) is 5.69 Å². The van der Waals surface area contributed by atoms with Crippen molar-refractivity contribution in [1.29, 1.82) is 0 Å². The van der Waals surface area contributed by atoms with Crippen LogP contribution in [0.25, 0.3) is 27.8 Å². The summed E-state index contributed by atoms with van der Waals surface area (Å²) in [6.07, 6.45) is 0. The van der Waals surface area contributed by atoms with Gasteiger partial charge in [0.15, 0.2) is 0 Å². The van der Waals surface area contributed by atoms with Crippen LogP contribution in [0.4, 0.5) is 10.1 Å². The number of halogens is 1. The van der Waals surface area contributed by atoms with E-state index in [0.717, 1.165) is 22.8 Å². The molecule has 0 unspecified atom stereocenters. The fourth-order valence-electron chi connectivity index (χ4n) is 3.01. The molecular formula is C20H13FN6OS. The number of benzene rings is 3. The molecule has 0 saturated heterocycles. The lowest BCUT2D eigenvalue weighted by atomic mass is 10.1. The fourth-order valence-corrected chi connectivity index (χ4v) is 3.53. The Morgan fingerprint density at radius 1 is 0.931 bits per heavy atom. The molecule has 5 aromatic rings. The van der Waals surface area contributed by atoms with E-state index in [2.05, 4.69) is 24.3 Å². The standard InChI is InChI=1S/C20H13FN6OS/c1-11-8-17-18(24-27(23-17)14-5-3-13(21)4-6-14)10-16(11)22-20(28)12-2-7-15-19(9-12)26-29-25-15/h2-10H,1H3,(H,22,28). The van der Waals surface area contributed by atoms with Crippen LogP contribution in [0.3, 0.4) is 0 Å². The monoisotopic (exact) mass is 404 g/mol. The second kappa shape index (κ2) is 6.71. The molecule has 0 atom stereocenters. The Labute approximate surface area is 168 Å². The second-order valence-corrected chi connectivity index (χ2v) is 7.07. The van der Waals surface area contributed by atoms with Crippen molar-refractivity contribution in [1.82, 2.24) is 23.7 Å². The summed E-state index contributed by atoms with van der Waals surface area (Å²) in [5.41, 5.74) is 5.40. The average Bonchev–Trinajstić information content (AvgIpc) is 3.34. The number of carbonyl (C=O) groups excluding carboxylic acids is 1. The van der Waals surface area contributed by atoms with Gasteiger partial charge in [-0.3, -0.25) is 4.79 Å². The van der Waals surface area contributed by atoms with E-state index >= 15 is 0 Å². The molecule has 0 saturated carbocycles. The number of hydrogen-bond acceptors (Lipinski definition) is 6. The molecule has 9 heteroatoms. The number of amides is 1. The molecule has 0 spiro atoms. The Morgan fingerprint density at radius 2 is 1.66 bits per heavy atom. The number of nitrogens with zero attached hydrogens (tertiary/aromatic N) is 5. The Hall–Kier alpha value is -3.72. The van der Waals surface area contributed by atoms with E-state index in [4.69, 9.17) is 0 Å². The maximum Gasteiger partial charge on any atom is 0.255 e. The maximum atomic E-state index is 13.1. The molecule has 1 amide bonds. The SMILES string of the molecule is Cc1cc2nn(-c3ccc(F)cc3)nc2cc1NC(=O)c1ccc2nsnc2c1. The number of hydrogen-bond donors (Lipinski definition) is 1. The van der Waals surface area contributed by atoms with E-state index in [-0.39, 0.29) is 11.7 Å². The van der Waals surface area contributed by atoms with Crippen LogP contribution in [0.15, 0.2) is 54.6 Å². The summed E-state index contributed by atoms with van der Waals surface area (Å²) in [6, 6.07) is 14.8. The van der Waals surface area contributed by atoms with Gasteiger partial charge in [0.2, 0.25) is 0 Å². The highest BCUT2D eigenvalue weighted by molar-refractivity contribution is 7.00. The van der Waals surface area contributed by atoms with Crippen LogP contribution in [0.1, 0.15) is 15.9 Å². The average molecular weight is 404 g/mol. The van der Waals surface area contributed by atoms with Gasteiger partial charge in [-0.15, -0.1) is 10.2 Å². The minimum absolute atomic E-state index is 0.242. The number of anilines is 1. The third-order valence-electron chi connectivity index (χ3n) is 4.55. The van der Waals surface area contributed by atoms with Crippen LogP contribution in [-0.4, -0.2) is 29.6 Å². The van der Waals surface area contributed by atoms with Crippen LogP contribution in [0.2, 0.25) is 0 Å². The molecule has 3 aromatic carbocycles. The van der Waals surface area contributed by atoms with E-state index in [9.17, 15) is 9.18 Å². The number of rotatable bonds is 3. The summed E-state index contributed by atoms with van der Waals surface area (Å²) in [5, 5.41) is 11.8. The maximum absolute atomic E-state index is 13.1. The lowest BCUT2D eigenvalue weighted by molar-refractivity contribution is 0.102. The molecule has 1 N–H and O–H groups in total. The summed E-state index contributed by atoms with van der Waals surface area (Å²) in [6.45, 7) is 1.89. The highest BCUT2D eigenvalue weighted by Gasteiger charge is 2.13. The molecule has 5 rings (SSSR count). The van der Waals surface area contributed by atoms with Gasteiger partial charge < -0.3 is 5.32 Å². The lowest BCUT2D eigenvalue weighted by Gasteiger charge is -2.08. The molecule has 7 nitrogen and oxygen atoms in total. The highest BCUT2D eigenvalue weighted by Crippen LogP contribution is 2.23. The molecule has 0 aliphatic carbocycles. The van der Waals surface area contributed by atoms with Crippen molar-refractivity contribution in [2.75, 3.05) is 5.32 Å². The van der Waals surface area contributed by atoms with E-state index in [1.54, 1.807) is 36.4 Å². The van der Waals surface area contributed by atoms with Gasteiger partial charge in [0.1, 0.15) is 27.9 Å². The molecular weight excluding hydrogens is 391 g/mol. The predicted molar refractivity (Wildman–Crippen MR) is 109 cm³/mol. The first-order valence-electron chi connectivity index (χ1n) is 8.74. The summed E-state index contributed by atoms with van der Waals surface area (Å²) < 4.78 is 21.5. The van der Waals surface area contributed by atoms with E-state index < -0.39 is 0 Å².